The van der Waals surface area contributed by atoms with Gasteiger partial charge in [0.1, 0.15) is 0 Å². The molecule has 1 aromatic rings. The highest BCUT2D eigenvalue weighted by Crippen LogP contribution is 2.32. The molecule has 1 saturated carbocycles. The number of hydrogen-bond donors (Lipinski definition) is 2. The monoisotopic (exact) mass is 291 g/mol. The molecule has 1 fully saturated rings. The Hall–Kier alpha value is -1.29. The lowest BCUT2D eigenvalue weighted by atomic mass is 9.95. The lowest BCUT2D eigenvalue weighted by Crippen LogP contribution is -2.48. The minimum atomic E-state index is -0.371. The molecule has 1 aliphatic carbocycles. The summed E-state index contributed by atoms with van der Waals surface area (Å²) in [5.74, 6) is -0.0133. The lowest BCUT2D eigenvalue weighted by molar-refractivity contribution is 0.0915. The highest BCUT2D eigenvalue weighted by molar-refractivity contribution is 5.96. The Bertz CT molecular complexity index is 510. The Kier molecular flexibility index (Phi) is 4.77. The Morgan fingerprint density at radius 3 is 2.52 bits per heavy atom. The van der Waals surface area contributed by atoms with E-state index in [2.05, 4.69) is 23.7 Å². The Balaban J connectivity index is 2.24. The van der Waals surface area contributed by atoms with E-state index in [9.17, 15) is 4.79 Å². The fourth-order valence-corrected chi connectivity index (χ4v) is 3.33. The largest absolute Gasteiger partial charge is 0.346 e. The van der Waals surface area contributed by atoms with E-state index in [1.165, 1.54) is 37.8 Å². The number of rotatable bonds is 4. The Morgan fingerprint density at radius 1 is 1.33 bits per heavy atom. The SMILES string of the molecule is Cc1cc(C(=O)NC(C)(C)CN)c(C)n1C1CCCCC1. The number of hydrogen-bond acceptors (Lipinski definition) is 2. The van der Waals surface area contributed by atoms with Gasteiger partial charge < -0.3 is 15.6 Å². The van der Waals surface area contributed by atoms with Gasteiger partial charge in [0, 0.05) is 29.5 Å². The second-order valence-corrected chi connectivity index (χ2v) is 6.99. The number of carbonyl (C=O) groups excluding carboxylic acids is 1. The summed E-state index contributed by atoms with van der Waals surface area (Å²) in [5, 5.41) is 3.03. The maximum Gasteiger partial charge on any atom is 0.253 e. The number of aryl methyl sites for hydroxylation is 1. The second-order valence-electron chi connectivity index (χ2n) is 6.99. The minimum absolute atomic E-state index is 0.0133. The van der Waals surface area contributed by atoms with Crippen molar-refractivity contribution in [3.63, 3.8) is 0 Å². The zero-order valence-corrected chi connectivity index (χ0v) is 13.8. The molecule has 1 heterocycles. The smallest absolute Gasteiger partial charge is 0.253 e. The van der Waals surface area contributed by atoms with Crippen LogP contribution in [0.15, 0.2) is 6.07 Å². The standard InChI is InChI=1S/C17H29N3O/c1-12-10-15(16(21)19-17(3,4)11-18)13(2)20(12)14-8-6-5-7-9-14/h10,14H,5-9,11,18H2,1-4H3,(H,19,21). The molecule has 2 rings (SSSR count). The first kappa shape index (κ1) is 16.1. The molecule has 0 aliphatic heterocycles. The van der Waals surface area contributed by atoms with Crippen molar-refractivity contribution in [1.82, 2.24) is 9.88 Å². The summed E-state index contributed by atoms with van der Waals surface area (Å²) >= 11 is 0. The summed E-state index contributed by atoms with van der Waals surface area (Å²) in [6.45, 7) is 8.50. The molecule has 1 amide bonds. The van der Waals surface area contributed by atoms with Crippen LogP contribution in [0.2, 0.25) is 0 Å². The first-order valence-electron chi connectivity index (χ1n) is 8.07. The van der Waals surface area contributed by atoms with Crippen LogP contribution in [-0.2, 0) is 0 Å². The number of nitrogens with one attached hydrogen (secondary N) is 1. The number of nitrogens with two attached hydrogens (primary N) is 1. The molecule has 4 nitrogen and oxygen atoms in total. The third kappa shape index (κ3) is 3.49. The molecule has 0 bridgehead atoms. The molecule has 0 radical (unpaired) electrons. The van der Waals surface area contributed by atoms with Crippen molar-refractivity contribution in [1.29, 1.82) is 0 Å². The molecule has 0 atom stereocenters. The molecule has 21 heavy (non-hydrogen) atoms. The van der Waals surface area contributed by atoms with Gasteiger partial charge in [-0.1, -0.05) is 19.3 Å². The number of amides is 1. The van der Waals surface area contributed by atoms with Crippen molar-refractivity contribution >= 4 is 5.91 Å². The van der Waals surface area contributed by atoms with E-state index >= 15 is 0 Å². The van der Waals surface area contributed by atoms with E-state index in [0.717, 1.165) is 11.3 Å². The molecule has 1 aliphatic rings. The van der Waals surface area contributed by atoms with E-state index in [1.807, 2.05) is 19.9 Å². The van der Waals surface area contributed by atoms with E-state index < -0.39 is 0 Å². The van der Waals surface area contributed by atoms with E-state index in [4.69, 9.17) is 5.73 Å². The average molecular weight is 291 g/mol. The van der Waals surface area contributed by atoms with Gasteiger partial charge in [-0.25, -0.2) is 0 Å². The summed E-state index contributed by atoms with van der Waals surface area (Å²) in [5.41, 5.74) is 8.40. The van der Waals surface area contributed by atoms with Crippen LogP contribution >= 0.6 is 0 Å². The van der Waals surface area contributed by atoms with Gasteiger partial charge in [-0.2, -0.15) is 0 Å². The summed E-state index contributed by atoms with van der Waals surface area (Å²) < 4.78 is 2.36. The predicted octanol–water partition coefficient (Wildman–Crippen LogP) is 3.08. The van der Waals surface area contributed by atoms with Crippen LogP contribution in [0, 0.1) is 13.8 Å². The van der Waals surface area contributed by atoms with Crippen LogP contribution in [0.25, 0.3) is 0 Å². The van der Waals surface area contributed by atoms with E-state index in [0.29, 0.717) is 12.6 Å². The number of aromatic nitrogens is 1. The molecule has 118 valence electrons. The van der Waals surface area contributed by atoms with Gasteiger partial charge in [0.25, 0.3) is 5.91 Å². The van der Waals surface area contributed by atoms with Gasteiger partial charge >= 0.3 is 0 Å². The molecular formula is C17H29N3O. The highest BCUT2D eigenvalue weighted by atomic mass is 16.1. The fraction of sp³-hybridized carbons (Fsp3) is 0.706. The lowest BCUT2D eigenvalue weighted by Gasteiger charge is -2.27. The molecule has 1 aromatic heterocycles. The van der Waals surface area contributed by atoms with E-state index in [-0.39, 0.29) is 11.4 Å². The molecule has 0 aromatic carbocycles. The summed E-state index contributed by atoms with van der Waals surface area (Å²) in [7, 11) is 0. The molecule has 0 saturated heterocycles. The molecule has 0 unspecified atom stereocenters. The third-order valence-corrected chi connectivity index (χ3v) is 4.63. The van der Waals surface area contributed by atoms with Crippen molar-refractivity contribution in [2.75, 3.05) is 6.54 Å². The number of carbonyl (C=O) groups is 1. The minimum Gasteiger partial charge on any atom is -0.346 e. The van der Waals surface area contributed by atoms with Crippen molar-refractivity contribution in [2.24, 2.45) is 5.73 Å². The highest BCUT2D eigenvalue weighted by Gasteiger charge is 2.25. The van der Waals surface area contributed by atoms with Crippen LogP contribution in [0.1, 0.15) is 73.7 Å². The summed E-state index contributed by atoms with van der Waals surface area (Å²) in [6.07, 6.45) is 6.39. The first-order valence-corrected chi connectivity index (χ1v) is 8.07. The predicted molar refractivity (Wildman–Crippen MR) is 86.6 cm³/mol. The van der Waals surface area contributed by atoms with Crippen molar-refractivity contribution in [2.45, 2.75) is 71.4 Å². The zero-order valence-electron chi connectivity index (χ0n) is 13.8. The van der Waals surface area contributed by atoms with Crippen LogP contribution in [0.3, 0.4) is 0 Å². The van der Waals surface area contributed by atoms with Crippen molar-refractivity contribution in [3.05, 3.63) is 23.0 Å². The van der Waals surface area contributed by atoms with Crippen LogP contribution in [-0.4, -0.2) is 22.6 Å². The van der Waals surface area contributed by atoms with Crippen LogP contribution in [0.5, 0.6) is 0 Å². The molecule has 0 spiro atoms. The van der Waals surface area contributed by atoms with Gasteiger partial charge in [0.15, 0.2) is 0 Å². The van der Waals surface area contributed by atoms with E-state index in [1.54, 1.807) is 0 Å². The third-order valence-electron chi connectivity index (χ3n) is 4.63. The second kappa shape index (κ2) is 6.22. The number of nitrogens with zero attached hydrogens (tertiary/aromatic N) is 1. The molecule has 3 N–H and O–H groups in total. The normalized spacial score (nSPS) is 17.0. The van der Waals surface area contributed by atoms with Gasteiger partial charge in [0.2, 0.25) is 0 Å². The van der Waals surface area contributed by atoms with Crippen LogP contribution in [0.4, 0.5) is 0 Å². The van der Waals surface area contributed by atoms with Gasteiger partial charge in [-0.3, -0.25) is 4.79 Å². The molecular weight excluding hydrogens is 262 g/mol. The van der Waals surface area contributed by atoms with Crippen molar-refractivity contribution in [3.8, 4) is 0 Å². The van der Waals surface area contributed by atoms with Gasteiger partial charge in [0.05, 0.1) is 5.56 Å². The zero-order chi connectivity index (χ0) is 15.6. The van der Waals surface area contributed by atoms with Gasteiger partial charge in [-0.15, -0.1) is 0 Å². The average Bonchev–Trinajstić information content (AvgIpc) is 2.74. The van der Waals surface area contributed by atoms with Gasteiger partial charge in [-0.05, 0) is 46.6 Å². The van der Waals surface area contributed by atoms with Crippen molar-refractivity contribution < 1.29 is 4.79 Å². The molecule has 4 heteroatoms. The Morgan fingerprint density at radius 2 is 1.95 bits per heavy atom. The maximum absolute atomic E-state index is 12.5. The summed E-state index contributed by atoms with van der Waals surface area (Å²) in [6, 6.07) is 2.58. The topological polar surface area (TPSA) is 60.1 Å². The maximum atomic E-state index is 12.5. The Labute approximate surface area is 128 Å². The fourth-order valence-electron chi connectivity index (χ4n) is 3.33. The quantitative estimate of drug-likeness (QED) is 0.895. The van der Waals surface area contributed by atoms with Crippen LogP contribution < -0.4 is 11.1 Å². The first-order chi connectivity index (χ1) is 9.85. The summed E-state index contributed by atoms with van der Waals surface area (Å²) in [4.78, 5) is 12.5.